The highest BCUT2D eigenvalue weighted by Gasteiger charge is 2.37. The lowest BCUT2D eigenvalue weighted by Gasteiger charge is -2.23. The first kappa shape index (κ1) is 17.6. The standard InChI is InChI=1S/C18H18F2N2O2/c1-11-6-4-7-12(10-11)21-16(23)18(2,3)17(24)22-15-13(19)8-5-9-14(15)20/h4-10H,1-3H3,(H,21,23)(H,22,24). The molecule has 0 heterocycles. The SMILES string of the molecule is Cc1cccc(NC(=O)C(C)(C)C(=O)Nc2c(F)cccc2F)c1. The van der Waals surface area contributed by atoms with Crippen LogP contribution in [0.5, 0.6) is 0 Å². The molecule has 0 spiro atoms. The summed E-state index contributed by atoms with van der Waals surface area (Å²) in [7, 11) is 0. The minimum Gasteiger partial charge on any atom is -0.325 e. The summed E-state index contributed by atoms with van der Waals surface area (Å²) >= 11 is 0. The first-order valence-corrected chi connectivity index (χ1v) is 7.35. The van der Waals surface area contributed by atoms with E-state index >= 15 is 0 Å². The van der Waals surface area contributed by atoms with Crippen LogP contribution in [-0.2, 0) is 9.59 Å². The summed E-state index contributed by atoms with van der Waals surface area (Å²) < 4.78 is 27.3. The van der Waals surface area contributed by atoms with Crippen molar-refractivity contribution in [1.82, 2.24) is 0 Å². The van der Waals surface area contributed by atoms with Gasteiger partial charge in [-0.15, -0.1) is 0 Å². The number of benzene rings is 2. The van der Waals surface area contributed by atoms with Crippen LogP contribution in [0, 0.1) is 24.0 Å². The Labute approximate surface area is 138 Å². The van der Waals surface area contributed by atoms with E-state index in [-0.39, 0.29) is 0 Å². The van der Waals surface area contributed by atoms with E-state index < -0.39 is 34.6 Å². The predicted molar refractivity (Wildman–Crippen MR) is 88.6 cm³/mol. The number of rotatable bonds is 4. The van der Waals surface area contributed by atoms with Crippen molar-refractivity contribution >= 4 is 23.2 Å². The van der Waals surface area contributed by atoms with Crippen molar-refractivity contribution < 1.29 is 18.4 Å². The second-order valence-corrected chi connectivity index (χ2v) is 6.00. The van der Waals surface area contributed by atoms with Crippen molar-refractivity contribution in [1.29, 1.82) is 0 Å². The van der Waals surface area contributed by atoms with E-state index in [0.29, 0.717) is 5.69 Å². The molecule has 0 aliphatic carbocycles. The number of aryl methyl sites for hydroxylation is 1. The highest BCUT2D eigenvalue weighted by molar-refractivity contribution is 6.14. The predicted octanol–water partition coefficient (Wildman–Crippen LogP) is 3.88. The summed E-state index contributed by atoms with van der Waals surface area (Å²) in [4.78, 5) is 24.7. The van der Waals surface area contributed by atoms with Gasteiger partial charge in [0.1, 0.15) is 22.7 Å². The molecule has 0 saturated carbocycles. The van der Waals surface area contributed by atoms with Gasteiger partial charge in [-0.1, -0.05) is 18.2 Å². The fourth-order valence-electron chi connectivity index (χ4n) is 2.00. The van der Waals surface area contributed by atoms with E-state index in [0.717, 1.165) is 17.7 Å². The smallest absolute Gasteiger partial charge is 0.239 e. The lowest BCUT2D eigenvalue weighted by atomic mass is 9.90. The molecular weight excluding hydrogens is 314 g/mol. The van der Waals surface area contributed by atoms with Gasteiger partial charge < -0.3 is 10.6 Å². The van der Waals surface area contributed by atoms with Crippen LogP contribution >= 0.6 is 0 Å². The quantitative estimate of drug-likeness (QED) is 0.835. The van der Waals surface area contributed by atoms with Crippen molar-refractivity contribution in [2.24, 2.45) is 5.41 Å². The van der Waals surface area contributed by atoms with E-state index in [9.17, 15) is 18.4 Å². The third-order valence-electron chi connectivity index (χ3n) is 3.61. The van der Waals surface area contributed by atoms with Crippen LogP contribution in [0.3, 0.4) is 0 Å². The number of nitrogens with one attached hydrogen (secondary N) is 2. The van der Waals surface area contributed by atoms with Gasteiger partial charge in [0.15, 0.2) is 0 Å². The number of amides is 2. The Morgan fingerprint density at radius 2 is 1.46 bits per heavy atom. The molecule has 2 aromatic carbocycles. The maximum atomic E-state index is 13.6. The van der Waals surface area contributed by atoms with Crippen molar-refractivity contribution in [3.8, 4) is 0 Å². The third-order valence-corrected chi connectivity index (χ3v) is 3.61. The van der Waals surface area contributed by atoms with E-state index in [4.69, 9.17) is 0 Å². The number of carbonyl (C=O) groups is 2. The molecule has 0 atom stereocenters. The van der Waals surface area contributed by atoms with Crippen molar-refractivity contribution in [3.63, 3.8) is 0 Å². The summed E-state index contributed by atoms with van der Waals surface area (Å²) in [5.74, 6) is -3.20. The summed E-state index contributed by atoms with van der Waals surface area (Å²) in [5, 5.41) is 4.78. The van der Waals surface area contributed by atoms with Crippen molar-refractivity contribution in [3.05, 3.63) is 59.7 Å². The minimum atomic E-state index is -1.53. The van der Waals surface area contributed by atoms with Gasteiger partial charge in [-0.05, 0) is 50.6 Å². The molecule has 0 fully saturated rings. The topological polar surface area (TPSA) is 58.2 Å². The van der Waals surface area contributed by atoms with Crippen molar-refractivity contribution in [2.45, 2.75) is 20.8 Å². The van der Waals surface area contributed by atoms with Crippen LogP contribution in [0.4, 0.5) is 20.2 Å². The Morgan fingerprint density at radius 1 is 0.917 bits per heavy atom. The maximum Gasteiger partial charge on any atom is 0.239 e. The van der Waals surface area contributed by atoms with Gasteiger partial charge in [-0.3, -0.25) is 9.59 Å². The second kappa shape index (κ2) is 6.78. The zero-order valence-corrected chi connectivity index (χ0v) is 13.6. The Balaban J connectivity index is 2.16. The van der Waals surface area contributed by atoms with Crippen molar-refractivity contribution in [2.75, 3.05) is 10.6 Å². The molecule has 2 amide bonds. The molecule has 2 aromatic rings. The first-order valence-electron chi connectivity index (χ1n) is 7.35. The van der Waals surface area contributed by atoms with Gasteiger partial charge in [-0.25, -0.2) is 8.78 Å². The third kappa shape index (κ3) is 3.76. The zero-order chi connectivity index (χ0) is 17.9. The average molecular weight is 332 g/mol. The Kier molecular flexibility index (Phi) is 4.97. The zero-order valence-electron chi connectivity index (χ0n) is 13.6. The average Bonchev–Trinajstić information content (AvgIpc) is 2.50. The highest BCUT2D eigenvalue weighted by atomic mass is 19.1. The number of anilines is 2. The molecule has 2 N–H and O–H groups in total. The van der Waals surface area contributed by atoms with Gasteiger partial charge in [0.2, 0.25) is 11.8 Å². The number of halogens is 2. The van der Waals surface area contributed by atoms with Gasteiger partial charge >= 0.3 is 0 Å². The molecule has 0 aliphatic rings. The lowest BCUT2D eigenvalue weighted by Crippen LogP contribution is -2.42. The number of hydrogen-bond donors (Lipinski definition) is 2. The van der Waals surface area contributed by atoms with E-state index in [1.54, 1.807) is 18.2 Å². The van der Waals surface area contributed by atoms with E-state index in [1.807, 2.05) is 13.0 Å². The molecule has 0 aromatic heterocycles. The Morgan fingerprint density at radius 3 is 2.04 bits per heavy atom. The Bertz CT molecular complexity index is 768. The summed E-state index contributed by atoms with van der Waals surface area (Å²) in [6.45, 7) is 4.63. The normalized spacial score (nSPS) is 11.0. The molecule has 0 aliphatic heterocycles. The van der Waals surface area contributed by atoms with Gasteiger partial charge in [0.25, 0.3) is 0 Å². The molecule has 0 saturated heterocycles. The fraction of sp³-hybridized carbons (Fsp3) is 0.222. The molecular formula is C18H18F2N2O2. The molecule has 4 nitrogen and oxygen atoms in total. The number of carbonyl (C=O) groups excluding carboxylic acids is 2. The summed E-state index contributed by atoms with van der Waals surface area (Å²) in [5.41, 5.74) is -0.612. The molecule has 126 valence electrons. The fourth-order valence-corrected chi connectivity index (χ4v) is 2.00. The largest absolute Gasteiger partial charge is 0.325 e. The van der Waals surface area contributed by atoms with E-state index in [2.05, 4.69) is 10.6 Å². The van der Waals surface area contributed by atoms with Gasteiger partial charge in [0, 0.05) is 5.69 Å². The maximum absolute atomic E-state index is 13.6. The molecule has 0 bridgehead atoms. The highest BCUT2D eigenvalue weighted by Crippen LogP contribution is 2.24. The molecule has 0 radical (unpaired) electrons. The second-order valence-electron chi connectivity index (χ2n) is 6.00. The number of hydrogen-bond acceptors (Lipinski definition) is 2. The lowest BCUT2D eigenvalue weighted by molar-refractivity contribution is -0.135. The van der Waals surface area contributed by atoms with Crippen LogP contribution in [0.2, 0.25) is 0 Å². The minimum absolute atomic E-state index is 0.540. The van der Waals surface area contributed by atoms with Crippen LogP contribution in [0.25, 0.3) is 0 Å². The molecule has 24 heavy (non-hydrogen) atoms. The summed E-state index contributed by atoms with van der Waals surface area (Å²) in [6, 6.07) is 10.3. The van der Waals surface area contributed by atoms with Gasteiger partial charge in [-0.2, -0.15) is 0 Å². The number of para-hydroxylation sites is 1. The van der Waals surface area contributed by atoms with Crippen LogP contribution < -0.4 is 10.6 Å². The monoisotopic (exact) mass is 332 g/mol. The molecule has 0 unspecified atom stereocenters. The van der Waals surface area contributed by atoms with E-state index in [1.165, 1.54) is 19.9 Å². The van der Waals surface area contributed by atoms with Crippen LogP contribution in [0.1, 0.15) is 19.4 Å². The van der Waals surface area contributed by atoms with Crippen LogP contribution in [-0.4, -0.2) is 11.8 Å². The molecule has 2 rings (SSSR count). The summed E-state index contributed by atoms with van der Waals surface area (Å²) in [6.07, 6.45) is 0. The van der Waals surface area contributed by atoms with Gasteiger partial charge in [0.05, 0.1) is 0 Å². The van der Waals surface area contributed by atoms with Crippen LogP contribution in [0.15, 0.2) is 42.5 Å². The molecule has 6 heteroatoms. The first-order chi connectivity index (χ1) is 11.2. The Hall–Kier alpha value is -2.76.